The standard InChI is InChI=1S/C14H15ClN2O2/c15-8-13(18)17-7-3-4-10(9-17)14-16-11-5-1-2-6-12(11)19-14/h1-2,5-6,10H,3-4,7-9H2. The summed E-state index contributed by atoms with van der Waals surface area (Å²) in [5.41, 5.74) is 1.68. The number of benzene rings is 1. The molecule has 1 aromatic carbocycles. The van der Waals surface area contributed by atoms with E-state index in [1.165, 1.54) is 0 Å². The van der Waals surface area contributed by atoms with Crippen LogP contribution >= 0.6 is 11.6 Å². The van der Waals surface area contributed by atoms with Crippen molar-refractivity contribution in [1.82, 2.24) is 9.88 Å². The molecule has 3 rings (SSSR count). The molecule has 2 aromatic rings. The molecule has 0 radical (unpaired) electrons. The van der Waals surface area contributed by atoms with Crippen LogP contribution in [-0.4, -0.2) is 34.8 Å². The van der Waals surface area contributed by atoms with Gasteiger partial charge in [-0.1, -0.05) is 12.1 Å². The summed E-state index contributed by atoms with van der Waals surface area (Å²) in [7, 11) is 0. The van der Waals surface area contributed by atoms with E-state index in [-0.39, 0.29) is 17.7 Å². The van der Waals surface area contributed by atoms with E-state index in [4.69, 9.17) is 16.0 Å². The van der Waals surface area contributed by atoms with Crippen molar-refractivity contribution in [3.63, 3.8) is 0 Å². The number of amides is 1. The number of carbonyl (C=O) groups excluding carboxylic acids is 1. The summed E-state index contributed by atoms with van der Waals surface area (Å²) in [4.78, 5) is 18.0. The van der Waals surface area contributed by atoms with E-state index in [9.17, 15) is 4.79 Å². The van der Waals surface area contributed by atoms with Gasteiger partial charge in [0.15, 0.2) is 11.5 Å². The second-order valence-electron chi connectivity index (χ2n) is 4.83. The Morgan fingerprint density at radius 3 is 3.11 bits per heavy atom. The van der Waals surface area contributed by atoms with Crippen LogP contribution in [-0.2, 0) is 4.79 Å². The molecule has 1 atom stereocenters. The third-order valence-electron chi connectivity index (χ3n) is 3.55. The van der Waals surface area contributed by atoms with E-state index in [1.54, 1.807) is 4.90 Å². The lowest BCUT2D eigenvalue weighted by molar-refractivity contribution is -0.129. The Kier molecular flexibility index (Phi) is 3.42. The number of aromatic nitrogens is 1. The number of alkyl halides is 1. The number of hydrogen-bond donors (Lipinski definition) is 0. The zero-order chi connectivity index (χ0) is 13.2. The summed E-state index contributed by atoms with van der Waals surface area (Å²) in [5.74, 6) is 0.935. The highest BCUT2D eigenvalue weighted by Gasteiger charge is 2.27. The molecule has 100 valence electrons. The fourth-order valence-corrected chi connectivity index (χ4v) is 2.72. The molecule has 1 aromatic heterocycles. The molecule has 0 saturated carbocycles. The van der Waals surface area contributed by atoms with Gasteiger partial charge in [0.2, 0.25) is 5.91 Å². The maximum atomic E-state index is 11.7. The van der Waals surface area contributed by atoms with Gasteiger partial charge in [0.25, 0.3) is 0 Å². The van der Waals surface area contributed by atoms with Gasteiger partial charge < -0.3 is 9.32 Å². The second-order valence-corrected chi connectivity index (χ2v) is 5.10. The van der Waals surface area contributed by atoms with Crippen molar-refractivity contribution in [3.05, 3.63) is 30.2 Å². The van der Waals surface area contributed by atoms with E-state index >= 15 is 0 Å². The highest BCUT2D eigenvalue weighted by molar-refractivity contribution is 6.27. The molecule has 4 nitrogen and oxygen atoms in total. The number of piperidine rings is 1. The first-order chi connectivity index (χ1) is 9.28. The zero-order valence-electron chi connectivity index (χ0n) is 10.5. The van der Waals surface area contributed by atoms with Crippen molar-refractivity contribution in [1.29, 1.82) is 0 Å². The van der Waals surface area contributed by atoms with Gasteiger partial charge >= 0.3 is 0 Å². The van der Waals surface area contributed by atoms with Gasteiger partial charge in [-0.3, -0.25) is 4.79 Å². The molecule has 2 heterocycles. The van der Waals surface area contributed by atoms with Gasteiger partial charge in [-0.05, 0) is 25.0 Å². The van der Waals surface area contributed by atoms with E-state index in [2.05, 4.69) is 4.98 Å². The minimum absolute atomic E-state index is 0.0116. The monoisotopic (exact) mass is 278 g/mol. The van der Waals surface area contributed by atoms with Crippen LogP contribution in [0.15, 0.2) is 28.7 Å². The summed E-state index contributed by atoms with van der Waals surface area (Å²) in [6.07, 6.45) is 1.96. The predicted molar refractivity (Wildman–Crippen MR) is 73.3 cm³/mol. The molecule has 19 heavy (non-hydrogen) atoms. The molecular formula is C14H15ClN2O2. The number of nitrogens with zero attached hydrogens (tertiary/aromatic N) is 2. The minimum Gasteiger partial charge on any atom is -0.440 e. The highest BCUT2D eigenvalue weighted by atomic mass is 35.5. The largest absolute Gasteiger partial charge is 0.440 e. The third-order valence-corrected chi connectivity index (χ3v) is 3.78. The molecule has 1 unspecified atom stereocenters. The lowest BCUT2D eigenvalue weighted by Crippen LogP contribution is -2.39. The number of carbonyl (C=O) groups is 1. The van der Waals surface area contributed by atoms with E-state index in [0.717, 1.165) is 36.4 Å². The average molecular weight is 279 g/mol. The van der Waals surface area contributed by atoms with Crippen LogP contribution in [0.5, 0.6) is 0 Å². The van der Waals surface area contributed by atoms with Gasteiger partial charge in [0, 0.05) is 13.1 Å². The second kappa shape index (κ2) is 5.21. The molecule has 5 heteroatoms. The molecule has 1 saturated heterocycles. The molecular weight excluding hydrogens is 264 g/mol. The quantitative estimate of drug-likeness (QED) is 0.794. The Morgan fingerprint density at radius 1 is 1.47 bits per heavy atom. The van der Waals surface area contributed by atoms with E-state index in [1.807, 2.05) is 24.3 Å². The van der Waals surface area contributed by atoms with Gasteiger partial charge in [0.05, 0.1) is 5.92 Å². The summed E-state index contributed by atoms with van der Waals surface area (Å²) < 4.78 is 5.79. The first-order valence-corrected chi connectivity index (χ1v) is 7.00. The van der Waals surface area contributed by atoms with Crippen LogP contribution in [0.3, 0.4) is 0 Å². The van der Waals surface area contributed by atoms with Crippen LogP contribution < -0.4 is 0 Å². The molecule has 0 bridgehead atoms. The van der Waals surface area contributed by atoms with Crippen molar-refractivity contribution in [2.75, 3.05) is 19.0 Å². The summed E-state index contributed by atoms with van der Waals surface area (Å²) in [6, 6.07) is 7.73. The topological polar surface area (TPSA) is 46.3 Å². The number of rotatable bonds is 2. The van der Waals surface area contributed by atoms with Crippen molar-refractivity contribution in [3.8, 4) is 0 Å². The molecule has 1 fully saturated rings. The first-order valence-electron chi connectivity index (χ1n) is 6.47. The lowest BCUT2D eigenvalue weighted by atomic mass is 9.98. The van der Waals surface area contributed by atoms with Crippen molar-refractivity contribution in [2.45, 2.75) is 18.8 Å². The predicted octanol–water partition coefficient (Wildman–Crippen LogP) is 2.77. The maximum absolute atomic E-state index is 11.7. The van der Waals surface area contributed by atoms with Crippen LogP contribution in [0.1, 0.15) is 24.7 Å². The molecule has 1 aliphatic heterocycles. The summed E-state index contributed by atoms with van der Waals surface area (Å²) in [5, 5.41) is 0. The molecule has 1 amide bonds. The molecule has 1 aliphatic rings. The lowest BCUT2D eigenvalue weighted by Gasteiger charge is -2.30. The number of para-hydroxylation sites is 2. The average Bonchev–Trinajstić information content (AvgIpc) is 2.90. The van der Waals surface area contributed by atoms with E-state index < -0.39 is 0 Å². The number of hydrogen-bond acceptors (Lipinski definition) is 3. The Bertz CT molecular complexity index is 563. The normalized spacial score (nSPS) is 19.8. The summed E-state index contributed by atoms with van der Waals surface area (Å²) >= 11 is 5.61. The number of likely N-dealkylation sites (tertiary alicyclic amines) is 1. The van der Waals surface area contributed by atoms with Gasteiger partial charge in [-0.2, -0.15) is 0 Å². The van der Waals surface area contributed by atoms with E-state index in [0.29, 0.717) is 6.54 Å². The fraction of sp³-hybridized carbons (Fsp3) is 0.429. The number of halogens is 1. The zero-order valence-corrected chi connectivity index (χ0v) is 11.3. The third kappa shape index (κ3) is 2.45. The van der Waals surface area contributed by atoms with Crippen molar-refractivity contribution >= 4 is 28.6 Å². The van der Waals surface area contributed by atoms with Gasteiger partial charge in [-0.25, -0.2) is 4.98 Å². The Hall–Kier alpha value is -1.55. The maximum Gasteiger partial charge on any atom is 0.237 e. The SMILES string of the molecule is O=C(CCl)N1CCCC(c2nc3ccccc3o2)C1. The highest BCUT2D eigenvalue weighted by Crippen LogP contribution is 2.28. The Balaban J connectivity index is 1.83. The van der Waals surface area contributed by atoms with Crippen LogP contribution in [0.4, 0.5) is 0 Å². The van der Waals surface area contributed by atoms with Gasteiger partial charge in [0.1, 0.15) is 11.4 Å². The number of fused-ring (bicyclic) bond motifs is 1. The summed E-state index contributed by atoms with van der Waals surface area (Å²) in [6.45, 7) is 1.43. The van der Waals surface area contributed by atoms with Gasteiger partial charge in [-0.15, -0.1) is 11.6 Å². The Morgan fingerprint density at radius 2 is 2.32 bits per heavy atom. The van der Waals surface area contributed by atoms with Crippen molar-refractivity contribution in [2.24, 2.45) is 0 Å². The number of oxazole rings is 1. The minimum atomic E-state index is -0.0116. The fourth-order valence-electron chi connectivity index (χ4n) is 2.55. The van der Waals surface area contributed by atoms with Crippen LogP contribution in [0.2, 0.25) is 0 Å². The smallest absolute Gasteiger partial charge is 0.237 e. The van der Waals surface area contributed by atoms with Crippen molar-refractivity contribution < 1.29 is 9.21 Å². The molecule has 0 N–H and O–H groups in total. The van der Waals surface area contributed by atoms with Crippen LogP contribution in [0, 0.1) is 0 Å². The first kappa shape index (κ1) is 12.5. The Labute approximate surface area is 116 Å². The molecule has 0 spiro atoms. The molecule has 0 aliphatic carbocycles. The van der Waals surface area contributed by atoms with Crippen LogP contribution in [0.25, 0.3) is 11.1 Å².